The van der Waals surface area contributed by atoms with Crippen molar-refractivity contribution in [3.8, 4) is 0 Å². The van der Waals surface area contributed by atoms with Crippen LogP contribution in [0.2, 0.25) is 16.6 Å². The lowest BCUT2D eigenvalue weighted by molar-refractivity contribution is 0.106. The maximum atomic E-state index is 6.82. The second kappa shape index (κ2) is 7.23. The molecule has 2 nitrogen and oxygen atoms in total. The van der Waals surface area contributed by atoms with Crippen molar-refractivity contribution in [2.24, 2.45) is 0 Å². The van der Waals surface area contributed by atoms with Crippen molar-refractivity contribution in [1.29, 1.82) is 0 Å². The van der Waals surface area contributed by atoms with Crippen LogP contribution in [0.4, 0.5) is 0 Å². The lowest BCUT2D eigenvalue weighted by atomic mass is 10.0. The SMILES string of the molecule is CC(O[Si](C(C)C)(C(C)C)C(C)C)C1=Cc2ccccc2CO1. The molecule has 2 rings (SSSR count). The molecule has 0 aliphatic carbocycles. The van der Waals surface area contributed by atoms with Gasteiger partial charge in [0.2, 0.25) is 8.32 Å². The molecule has 0 bridgehead atoms. The van der Waals surface area contributed by atoms with Crippen molar-refractivity contribution in [2.75, 3.05) is 0 Å². The molecular formula is C20H32O2Si. The van der Waals surface area contributed by atoms with E-state index in [1.807, 2.05) is 0 Å². The van der Waals surface area contributed by atoms with Crippen LogP contribution in [-0.2, 0) is 15.8 Å². The van der Waals surface area contributed by atoms with Gasteiger partial charge in [0.1, 0.15) is 12.4 Å². The second-order valence-corrected chi connectivity index (χ2v) is 13.0. The third-order valence-corrected chi connectivity index (χ3v) is 11.4. The van der Waals surface area contributed by atoms with Crippen LogP contribution < -0.4 is 0 Å². The van der Waals surface area contributed by atoms with Crippen molar-refractivity contribution in [3.63, 3.8) is 0 Å². The Morgan fingerprint density at radius 2 is 1.48 bits per heavy atom. The van der Waals surface area contributed by atoms with Gasteiger partial charge in [0.15, 0.2) is 0 Å². The van der Waals surface area contributed by atoms with Gasteiger partial charge in [-0.3, -0.25) is 0 Å². The molecule has 0 N–H and O–H groups in total. The number of benzene rings is 1. The minimum Gasteiger partial charge on any atom is -0.491 e. The number of hydrogen-bond acceptors (Lipinski definition) is 2. The van der Waals surface area contributed by atoms with E-state index in [0.29, 0.717) is 23.2 Å². The van der Waals surface area contributed by atoms with Crippen LogP contribution >= 0.6 is 0 Å². The smallest absolute Gasteiger partial charge is 0.201 e. The zero-order valence-corrected chi connectivity index (χ0v) is 16.7. The molecule has 0 aromatic heterocycles. The van der Waals surface area contributed by atoms with Gasteiger partial charge in [-0.15, -0.1) is 0 Å². The van der Waals surface area contributed by atoms with Crippen molar-refractivity contribution >= 4 is 14.4 Å². The maximum Gasteiger partial charge on any atom is 0.201 e. The van der Waals surface area contributed by atoms with Crippen molar-refractivity contribution in [2.45, 2.75) is 77.8 Å². The molecule has 0 radical (unpaired) electrons. The quantitative estimate of drug-likeness (QED) is 0.583. The van der Waals surface area contributed by atoms with Crippen LogP contribution in [0.5, 0.6) is 0 Å². The molecule has 3 heteroatoms. The van der Waals surface area contributed by atoms with Crippen molar-refractivity contribution in [3.05, 3.63) is 41.2 Å². The van der Waals surface area contributed by atoms with Gasteiger partial charge in [0, 0.05) is 0 Å². The number of rotatable bonds is 6. The van der Waals surface area contributed by atoms with Crippen LogP contribution in [0.15, 0.2) is 30.0 Å². The first kappa shape index (κ1) is 18.3. The molecule has 128 valence electrons. The van der Waals surface area contributed by atoms with Gasteiger partial charge >= 0.3 is 0 Å². The highest BCUT2D eigenvalue weighted by atomic mass is 28.4. The Balaban J connectivity index is 2.27. The summed E-state index contributed by atoms with van der Waals surface area (Å²) in [6.07, 6.45) is 2.17. The molecule has 1 aromatic rings. The average Bonchev–Trinajstić information content (AvgIpc) is 2.50. The normalized spacial score (nSPS) is 16.3. The Labute approximate surface area is 143 Å². The summed E-state index contributed by atoms with van der Waals surface area (Å²) >= 11 is 0. The van der Waals surface area contributed by atoms with Gasteiger partial charge < -0.3 is 9.16 Å². The Morgan fingerprint density at radius 3 is 2.04 bits per heavy atom. The summed E-state index contributed by atoms with van der Waals surface area (Å²) in [6, 6.07) is 8.43. The summed E-state index contributed by atoms with van der Waals surface area (Å²) in [6.45, 7) is 16.7. The molecule has 0 saturated carbocycles. The van der Waals surface area contributed by atoms with E-state index in [1.165, 1.54) is 11.1 Å². The number of fused-ring (bicyclic) bond motifs is 1. The van der Waals surface area contributed by atoms with E-state index in [-0.39, 0.29) is 6.10 Å². The topological polar surface area (TPSA) is 18.5 Å². The molecule has 0 amide bonds. The molecule has 0 spiro atoms. The lowest BCUT2D eigenvalue weighted by Crippen LogP contribution is -2.50. The Morgan fingerprint density at radius 1 is 0.913 bits per heavy atom. The summed E-state index contributed by atoms with van der Waals surface area (Å²) < 4.78 is 12.8. The fourth-order valence-corrected chi connectivity index (χ4v) is 9.71. The van der Waals surface area contributed by atoms with E-state index in [0.717, 1.165) is 5.76 Å². The molecule has 1 unspecified atom stereocenters. The highest BCUT2D eigenvalue weighted by Gasteiger charge is 2.46. The molecule has 1 aromatic carbocycles. The first-order valence-electron chi connectivity index (χ1n) is 8.89. The summed E-state index contributed by atoms with van der Waals surface area (Å²) in [7, 11) is -1.89. The third-order valence-electron chi connectivity index (χ3n) is 5.24. The Kier molecular flexibility index (Phi) is 5.74. The van der Waals surface area contributed by atoms with Gasteiger partial charge in [0.25, 0.3) is 0 Å². The van der Waals surface area contributed by atoms with Crippen LogP contribution in [0.25, 0.3) is 6.08 Å². The van der Waals surface area contributed by atoms with Crippen molar-refractivity contribution in [1.82, 2.24) is 0 Å². The molecular weight excluding hydrogens is 300 g/mol. The summed E-state index contributed by atoms with van der Waals surface area (Å²) in [5.74, 6) is 0.975. The van der Waals surface area contributed by atoms with E-state index in [2.05, 4.69) is 78.8 Å². The summed E-state index contributed by atoms with van der Waals surface area (Å²) in [5, 5.41) is 0. The van der Waals surface area contributed by atoms with Crippen LogP contribution in [0.3, 0.4) is 0 Å². The summed E-state index contributed by atoms with van der Waals surface area (Å²) in [4.78, 5) is 0. The van der Waals surface area contributed by atoms with E-state index in [4.69, 9.17) is 9.16 Å². The fourth-order valence-electron chi connectivity index (χ4n) is 4.17. The molecule has 1 atom stereocenters. The fraction of sp³-hybridized carbons (Fsp3) is 0.600. The minimum absolute atomic E-state index is 0.0159. The molecule has 23 heavy (non-hydrogen) atoms. The van der Waals surface area contributed by atoms with Crippen LogP contribution in [0.1, 0.15) is 59.6 Å². The Bertz CT molecular complexity index is 539. The van der Waals surface area contributed by atoms with Gasteiger partial charge in [-0.1, -0.05) is 65.8 Å². The molecule has 1 heterocycles. The third kappa shape index (κ3) is 3.56. The molecule has 0 saturated heterocycles. The lowest BCUT2D eigenvalue weighted by Gasteiger charge is -2.44. The van der Waals surface area contributed by atoms with E-state index in [1.54, 1.807) is 0 Å². The highest BCUT2D eigenvalue weighted by Crippen LogP contribution is 2.44. The second-order valence-electron chi connectivity index (χ2n) is 7.61. The molecule has 1 aliphatic heterocycles. The van der Waals surface area contributed by atoms with E-state index in [9.17, 15) is 0 Å². The maximum absolute atomic E-state index is 6.82. The predicted molar refractivity (Wildman–Crippen MR) is 101 cm³/mol. The monoisotopic (exact) mass is 332 g/mol. The van der Waals surface area contributed by atoms with E-state index < -0.39 is 8.32 Å². The molecule has 1 aliphatic rings. The predicted octanol–water partition coefficient (Wildman–Crippen LogP) is 6.14. The largest absolute Gasteiger partial charge is 0.491 e. The number of hydrogen-bond donors (Lipinski definition) is 0. The Hall–Kier alpha value is -1.06. The van der Waals surface area contributed by atoms with Gasteiger partial charge in [-0.2, -0.15) is 0 Å². The van der Waals surface area contributed by atoms with Gasteiger partial charge in [-0.05, 0) is 40.8 Å². The average molecular weight is 333 g/mol. The van der Waals surface area contributed by atoms with Crippen molar-refractivity contribution < 1.29 is 9.16 Å². The van der Waals surface area contributed by atoms with E-state index >= 15 is 0 Å². The first-order valence-corrected chi connectivity index (χ1v) is 11.0. The van der Waals surface area contributed by atoms with Crippen LogP contribution in [-0.4, -0.2) is 14.4 Å². The summed E-state index contributed by atoms with van der Waals surface area (Å²) in [5.41, 5.74) is 4.27. The zero-order chi connectivity index (χ0) is 17.2. The van der Waals surface area contributed by atoms with Gasteiger partial charge in [-0.25, -0.2) is 0 Å². The first-order chi connectivity index (χ1) is 10.8. The molecule has 0 fully saturated rings. The minimum atomic E-state index is -1.89. The number of ether oxygens (including phenoxy) is 1. The van der Waals surface area contributed by atoms with Crippen LogP contribution in [0, 0.1) is 0 Å². The zero-order valence-electron chi connectivity index (χ0n) is 15.7. The standard InChI is InChI=1S/C20H32O2Si/c1-14(2)23(15(3)4,16(5)6)22-17(7)20-12-18-10-8-9-11-19(18)13-21-20/h8-12,14-17H,13H2,1-7H3. The van der Waals surface area contributed by atoms with Gasteiger partial charge in [0.05, 0.1) is 6.10 Å². The highest BCUT2D eigenvalue weighted by molar-refractivity contribution is 6.77.